The summed E-state index contributed by atoms with van der Waals surface area (Å²) in [6.07, 6.45) is 3.42. The first kappa shape index (κ1) is 23.8. The van der Waals surface area contributed by atoms with Crippen LogP contribution in [0, 0.1) is 17.0 Å². The van der Waals surface area contributed by atoms with Crippen molar-refractivity contribution in [2.45, 2.75) is 36.0 Å². The summed E-state index contributed by atoms with van der Waals surface area (Å²) < 4.78 is 51.3. The third-order valence-electron chi connectivity index (χ3n) is 5.17. The molecule has 0 bridgehead atoms. The zero-order valence-corrected chi connectivity index (χ0v) is 19.2. The summed E-state index contributed by atoms with van der Waals surface area (Å²) in [6.45, 7) is 2.52. The number of hydrogen-bond donors (Lipinski definition) is 1. The van der Waals surface area contributed by atoms with Gasteiger partial charge in [0.25, 0.3) is 11.6 Å². The molecule has 12 heteroatoms. The highest BCUT2D eigenvalue weighted by atomic mass is 32.2. The molecule has 0 saturated carbocycles. The molecule has 0 radical (unpaired) electrons. The molecular weight excluding hydrogens is 458 g/mol. The molecule has 1 aliphatic heterocycles. The summed E-state index contributed by atoms with van der Waals surface area (Å²) in [4.78, 5) is 22.8. The van der Waals surface area contributed by atoms with E-state index in [1.165, 1.54) is 16.4 Å². The van der Waals surface area contributed by atoms with Gasteiger partial charge in [0.2, 0.25) is 10.0 Å². The van der Waals surface area contributed by atoms with Crippen LogP contribution in [-0.4, -0.2) is 51.3 Å². The summed E-state index contributed by atoms with van der Waals surface area (Å²) in [5, 5.41) is 13.7. The second-order valence-corrected chi connectivity index (χ2v) is 11.6. The minimum Gasteiger partial charge on any atom is -0.322 e. The number of nitro groups is 1. The number of amides is 1. The van der Waals surface area contributed by atoms with E-state index >= 15 is 0 Å². The van der Waals surface area contributed by atoms with Crippen LogP contribution in [0.25, 0.3) is 0 Å². The molecule has 172 valence electrons. The van der Waals surface area contributed by atoms with E-state index in [0.717, 1.165) is 43.7 Å². The molecule has 0 aromatic heterocycles. The minimum atomic E-state index is -3.80. The number of nitro benzene ring substituents is 1. The van der Waals surface area contributed by atoms with Crippen LogP contribution < -0.4 is 5.32 Å². The monoisotopic (exact) mass is 481 g/mol. The SMILES string of the molecule is Cc1ccc(NC(=O)c2cc([N+](=O)[O-])cc(S(C)(=O)=O)c2)cc1S(=O)(=O)N1CCCCC1. The Kier molecular flexibility index (Phi) is 6.67. The molecule has 1 heterocycles. The van der Waals surface area contributed by atoms with Crippen molar-refractivity contribution in [3.8, 4) is 0 Å². The predicted molar refractivity (Wildman–Crippen MR) is 118 cm³/mol. The van der Waals surface area contributed by atoms with Crippen molar-refractivity contribution >= 4 is 37.1 Å². The quantitative estimate of drug-likeness (QED) is 0.493. The van der Waals surface area contributed by atoms with Gasteiger partial charge < -0.3 is 5.32 Å². The number of nitrogens with zero attached hydrogens (tertiary/aromatic N) is 2. The van der Waals surface area contributed by atoms with Crippen LogP contribution >= 0.6 is 0 Å². The van der Waals surface area contributed by atoms with Crippen molar-refractivity contribution in [2.75, 3.05) is 24.7 Å². The van der Waals surface area contributed by atoms with Gasteiger partial charge in [-0.15, -0.1) is 0 Å². The highest BCUT2D eigenvalue weighted by Crippen LogP contribution is 2.27. The average molecular weight is 482 g/mol. The van der Waals surface area contributed by atoms with E-state index in [-0.39, 0.29) is 21.0 Å². The number of sulfonamides is 1. The number of non-ortho nitro benzene ring substituents is 1. The van der Waals surface area contributed by atoms with E-state index in [4.69, 9.17) is 0 Å². The van der Waals surface area contributed by atoms with Crippen LogP contribution in [0.5, 0.6) is 0 Å². The Morgan fingerprint density at radius 2 is 1.69 bits per heavy atom. The molecule has 1 saturated heterocycles. The third-order valence-corrected chi connectivity index (χ3v) is 8.30. The van der Waals surface area contributed by atoms with Gasteiger partial charge in [0.15, 0.2) is 9.84 Å². The molecule has 10 nitrogen and oxygen atoms in total. The molecule has 0 aliphatic carbocycles. The van der Waals surface area contributed by atoms with Crippen LogP contribution in [0.3, 0.4) is 0 Å². The second-order valence-electron chi connectivity index (χ2n) is 7.64. The molecular formula is C20H23N3O7S2. The number of nitrogens with one attached hydrogen (secondary N) is 1. The van der Waals surface area contributed by atoms with Gasteiger partial charge in [0.1, 0.15) is 0 Å². The maximum atomic E-state index is 13.1. The van der Waals surface area contributed by atoms with Gasteiger partial charge in [-0.2, -0.15) is 4.31 Å². The van der Waals surface area contributed by atoms with Crippen molar-refractivity contribution in [1.29, 1.82) is 0 Å². The number of carbonyl (C=O) groups excluding carboxylic acids is 1. The van der Waals surface area contributed by atoms with Gasteiger partial charge in [0.05, 0.1) is 14.7 Å². The molecule has 1 fully saturated rings. The number of rotatable bonds is 6. The molecule has 0 spiro atoms. The Bertz CT molecular complexity index is 1280. The normalized spacial score (nSPS) is 15.3. The van der Waals surface area contributed by atoms with Gasteiger partial charge >= 0.3 is 0 Å². The number of hydrogen-bond acceptors (Lipinski definition) is 7. The molecule has 0 unspecified atom stereocenters. The van der Waals surface area contributed by atoms with Gasteiger partial charge in [-0.3, -0.25) is 14.9 Å². The highest BCUT2D eigenvalue weighted by Gasteiger charge is 2.28. The van der Waals surface area contributed by atoms with E-state index < -0.39 is 36.4 Å². The lowest BCUT2D eigenvalue weighted by Crippen LogP contribution is -2.36. The number of aryl methyl sites for hydroxylation is 1. The first-order valence-electron chi connectivity index (χ1n) is 9.81. The van der Waals surface area contributed by atoms with Crippen molar-refractivity contribution < 1.29 is 26.6 Å². The Morgan fingerprint density at radius 1 is 1.03 bits per heavy atom. The van der Waals surface area contributed by atoms with Crippen LogP contribution in [0.4, 0.5) is 11.4 Å². The fourth-order valence-electron chi connectivity index (χ4n) is 3.44. The van der Waals surface area contributed by atoms with Gasteiger partial charge in [0, 0.05) is 42.7 Å². The zero-order chi connectivity index (χ0) is 23.7. The topological polar surface area (TPSA) is 144 Å². The van der Waals surface area contributed by atoms with Crippen molar-refractivity contribution in [2.24, 2.45) is 0 Å². The first-order valence-corrected chi connectivity index (χ1v) is 13.1. The maximum Gasteiger partial charge on any atom is 0.271 e. The highest BCUT2D eigenvalue weighted by molar-refractivity contribution is 7.90. The Balaban J connectivity index is 1.95. The lowest BCUT2D eigenvalue weighted by atomic mass is 10.1. The van der Waals surface area contributed by atoms with Gasteiger partial charge in [-0.05, 0) is 43.5 Å². The van der Waals surface area contributed by atoms with E-state index in [1.54, 1.807) is 13.0 Å². The molecule has 3 rings (SSSR count). The molecule has 1 aliphatic rings. The number of carbonyl (C=O) groups is 1. The Morgan fingerprint density at radius 3 is 2.28 bits per heavy atom. The van der Waals surface area contributed by atoms with Crippen LogP contribution in [-0.2, 0) is 19.9 Å². The second kappa shape index (κ2) is 8.96. The molecule has 32 heavy (non-hydrogen) atoms. The van der Waals surface area contributed by atoms with Gasteiger partial charge in [-0.1, -0.05) is 12.5 Å². The third kappa shape index (κ3) is 5.14. The van der Waals surface area contributed by atoms with Crippen LogP contribution in [0.15, 0.2) is 46.2 Å². The fourth-order valence-corrected chi connectivity index (χ4v) is 5.88. The van der Waals surface area contributed by atoms with Crippen LogP contribution in [0.2, 0.25) is 0 Å². The zero-order valence-electron chi connectivity index (χ0n) is 17.6. The number of piperidine rings is 1. The largest absolute Gasteiger partial charge is 0.322 e. The molecule has 2 aromatic rings. The lowest BCUT2D eigenvalue weighted by molar-refractivity contribution is -0.385. The Labute approximate surface area is 186 Å². The lowest BCUT2D eigenvalue weighted by Gasteiger charge is -2.26. The number of anilines is 1. The molecule has 0 atom stereocenters. The summed E-state index contributed by atoms with van der Waals surface area (Å²) in [5.41, 5.74) is -0.0946. The van der Waals surface area contributed by atoms with Crippen molar-refractivity contribution in [1.82, 2.24) is 4.31 Å². The van der Waals surface area contributed by atoms with Crippen molar-refractivity contribution in [3.63, 3.8) is 0 Å². The van der Waals surface area contributed by atoms with Gasteiger partial charge in [-0.25, -0.2) is 16.8 Å². The van der Waals surface area contributed by atoms with E-state index in [9.17, 15) is 31.7 Å². The summed E-state index contributed by atoms with van der Waals surface area (Å²) in [7, 11) is -7.55. The fraction of sp³-hybridized carbons (Fsp3) is 0.350. The predicted octanol–water partition coefficient (Wildman–Crippen LogP) is 2.73. The first-order chi connectivity index (χ1) is 14.9. The smallest absolute Gasteiger partial charge is 0.271 e. The standard InChI is InChI=1S/C20H23N3O7S2/c1-14-6-7-16(12-19(14)32(29,30)22-8-4-3-5-9-22)21-20(24)15-10-17(23(25)26)13-18(11-15)31(2,27)28/h6-7,10-13H,3-5,8-9H2,1-2H3,(H,21,24). The molecule has 1 N–H and O–H groups in total. The molecule has 1 amide bonds. The Hall–Kier alpha value is -2.83. The summed E-state index contributed by atoms with van der Waals surface area (Å²) >= 11 is 0. The van der Waals surface area contributed by atoms with Crippen LogP contribution in [0.1, 0.15) is 35.2 Å². The van der Waals surface area contributed by atoms with E-state index in [2.05, 4.69) is 5.32 Å². The summed E-state index contributed by atoms with van der Waals surface area (Å²) in [6, 6.07) is 7.28. The van der Waals surface area contributed by atoms with Crippen molar-refractivity contribution in [3.05, 3.63) is 57.6 Å². The van der Waals surface area contributed by atoms with E-state index in [0.29, 0.717) is 18.7 Å². The minimum absolute atomic E-state index is 0.0630. The molecule has 2 aromatic carbocycles. The summed E-state index contributed by atoms with van der Waals surface area (Å²) in [5.74, 6) is -0.802. The van der Waals surface area contributed by atoms with E-state index in [1.807, 2.05) is 0 Å². The number of sulfone groups is 1. The number of benzene rings is 2. The maximum absolute atomic E-state index is 13.1. The average Bonchev–Trinajstić information content (AvgIpc) is 2.74.